The van der Waals surface area contributed by atoms with Gasteiger partial charge < -0.3 is 10.2 Å². The summed E-state index contributed by atoms with van der Waals surface area (Å²) in [5.74, 6) is 1.56. The van der Waals surface area contributed by atoms with Crippen LogP contribution in [0.15, 0.2) is 0 Å². The molecule has 0 heterocycles. The molecule has 0 aliphatic heterocycles. The first-order valence-electron chi connectivity index (χ1n) is 5.44. The van der Waals surface area contributed by atoms with Crippen LogP contribution in [-0.4, -0.2) is 22.9 Å². The monoisotopic (exact) mass is 186 g/mol. The van der Waals surface area contributed by atoms with Gasteiger partial charge in [-0.15, -0.1) is 0 Å². The minimum absolute atomic E-state index is 0.134. The highest BCUT2D eigenvalue weighted by molar-refractivity contribution is 4.81. The lowest BCUT2D eigenvalue weighted by molar-refractivity contribution is 0.0170. The Bertz CT molecular complexity index is 143. The first-order valence-corrected chi connectivity index (χ1v) is 5.44. The Balaban J connectivity index is 2.40. The molecule has 4 atom stereocenters. The van der Waals surface area contributed by atoms with Crippen LogP contribution < -0.4 is 0 Å². The third-order valence-corrected chi connectivity index (χ3v) is 3.45. The molecule has 1 rings (SSSR count). The van der Waals surface area contributed by atoms with Gasteiger partial charge in [0.2, 0.25) is 0 Å². The van der Waals surface area contributed by atoms with Crippen LogP contribution in [-0.2, 0) is 0 Å². The molecule has 0 unspecified atom stereocenters. The van der Waals surface area contributed by atoms with Gasteiger partial charge in [0, 0.05) is 6.61 Å². The Hall–Kier alpha value is -0.0800. The van der Waals surface area contributed by atoms with Gasteiger partial charge in [0.1, 0.15) is 0 Å². The maximum atomic E-state index is 9.85. The van der Waals surface area contributed by atoms with E-state index in [1.807, 2.05) is 0 Å². The van der Waals surface area contributed by atoms with Crippen LogP contribution in [0.1, 0.15) is 39.5 Å². The van der Waals surface area contributed by atoms with Crippen LogP contribution >= 0.6 is 0 Å². The first kappa shape index (κ1) is 11.0. The Morgan fingerprint density at radius 2 is 2.08 bits per heavy atom. The molecular weight excluding hydrogens is 164 g/mol. The van der Waals surface area contributed by atoms with Crippen molar-refractivity contribution in [2.45, 2.75) is 45.6 Å². The van der Waals surface area contributed by atoms with Gasteiger partial charge in [-0.2, -0.15) is 0 Å². The second-order valence-corrected chi connectivity index (χ2v) is 4.64. The molecule has 1 saturated carbocycles. The molecule has 78 valence electrons. The van der Waals surface area contributed by atoms with Crippen LogP contribution in [0, 0.1) is 17.8 Å². The van der Waals surface area contributed by atoms with Crippen molar-refractivity contribution >= 4 is 0 Å². The minimum atomic E-state index is -0.134. The van der Waals surface area contributed by atoms with Crippen molar-refractivity contribution in [1.29, 1.82) is 0 Å². The smallest absolute Gasteiger partial charge is 0.0573 e. The first-order chi connectivity index (χ1) is 6.15. The summed E-state index contributed by atoms with van der Waals surface area (Å²) in [4.78, 5) is 0. The zero-order valence-corrected chi connectivity index (χ0v) is 8.74. The summed E-state index contributed by atoms with van der Waals surface area (Å²) in [5.41, 5.74) is 0. The van der Waals surface area contributed by atoms with Crippen molar-refractivity contribution in [3.63, 3.8) is 0 Å². The van der Waals surface area contributed by atoms with Gasteiger partial charge in [-0.1, -0.05) is 20.3 Å². The zero-order chi connectivity index (χ0) is 9.84. The maximum Gasteiger partial charge on any atom is 0.0573 e. The van der Waals surface area contributed by atoms with Gasteiger partial charge in [0.05, 0.1) is 6.10 Å². The molecular formula is C11H22O2. The quantitative estimate of drug-likeness (QED) is 0.705. The molecule has 0 radical (unpaired) electrons. The van der Waals surface area contributed by atoms with E-state index in [1.165, 1.54) is 6.42 Å². The highest BCUT2D eigenvalue weighted by Crippen LogP contribution is 2.34. The van der Waals surface area contributed by atoms with Gasteiger partial charge in [-0.05, 0) is 37.0 Å². The Morgan fingerprint density at radius 3 is 2.62 bits per heavy atom. The molecule has 0 aromatic carbocycles. The standard InChI is InChI=1S/C11H22O2/c1-8-3-4-10(11(13)7-8)9(2)5-6-12/h8-13H,3-7H2,1-2H3/t8-,9-,10+,11-/m0/s1. The average molecular weight is 186 g/mol. The molecule has 1 aliphatic carbocycles. The molecule has 2 nitrogen and oxygen atoms in total. The summed E-state index contributed by atoms with van der Waals surface area (Å²) in [7, 11) is 0. The van der Waals surface area contributed by atoms with E-state index in [9.17, 15) is 5.11 Å². The lowest BCUT2D eigenvalue weighted by Crippen LogP contribution is -2.33. The van der Waals surface area contributed by atoms with Gasteiger partial charge >= 0.3 is 0 Å². The molecule has 2 N–H and O–H groups in total. The third-order valence-electron chi connectivity index (χ3n) is 3.45. The van der Waals surface area contributed by atoms with Crippen molar-refractivity contribution < 1.29 is 10.2 Å². The summed E-state index contributed by atoms with van der Waals surface area (Å²) < 4.78 is 0. The molecule has 0 amide bonds. The van der Waals surface area contributed by atoms with Crippen LogP contribution in [0.5, 0.6) is 0 Å². The highest BCUT2D eigenvalue weighted by atomic mass is 16.3. The van der Waals surface area contributed by atoms with E-state index in [-0.39, 0.29) is 12.7 Å². The van der Waals surface area contributed by atoms with E-state index in [2.05, 4.69) is 13.8 Å². The maximum absolute atomic E-state index is 9.85. The Labute approximate surface area is 81.0 Å². The van der Waals surface area contributed by atoms with Crippen LogP contribution in [0.4, 0.5) is 0 Å². The highest BCUT2D eigenvalue weighted by Gasteiger charge is 2.30. The van der Waals surface area contributed by atoms with Crippen molar-refractivity contribution in [3.05, 3.63) is 0 Å². The third kappa shape index (κ3) is 2.96. The van der Waals surface area contributed by atoms with Gasteiger partial charge in [-0.25, -0.2) is 0 Å². The van der Waals surface area contributed by atoms with Crippen LogP contribution in [0.25, 0.3) is 0 Å². The van der Waals surface area contributed by atoms with E-state index in [0.29, 0.717) is 17.8 Å². The number of hydrogen-bond donors (Lipinski definition) is 2. The predicted molar refractivity (Wildman–Crippen MR) is 53.4 cm³/mol. The lowest BCUT2D eigenvalue weighted by atomic mass is 9.74. The molecule has 1 fully saturated rings. The minimum Gasteiger partial charge on any atom is -0.396 e. The number of aliphatic hydroxyl groups excluding tert-OH is 2. The van der Waals surface area contributed by atoms with Crippen LogP contribution in [0.3, 0.4) is 0 Å². The average Bonchev–Trinajstić information content (AvgIpc) is 2.04. The fourth-order valence-corrected chi connectivity index (χ4v) is 2.46. The second kappa shape index (κ2) is 4.97. The second-order valence-electron chi connectivity index (χ2n) is 4.64. The molecule has 0 bridgehead atoms. The van der Waals surface area contributed by atoms with Crippen molar-refractivity contribution in [3.8, 4) is 0 Å². The summed E-state index contributed by atoms with van der Waals surface area (Å²) in [6, 6.07) is 0. The van der Waals surface area contributed by atoms with E-state index in [4.69, 9.17) is 5.11 Å². The molecule has 0 saturated heterocycles. The molecule has 0 spiro atoms. The van der Waals surface area contributed by atoms with E-state index >= 15 is 0 Å². The van der Waals surface area contributed by atoms with Gasteiger partial charge in [0.25, 0.3) is 0 Å². The predicted octanol–water partition coefficient (Wildman–Crippen LogP) is 1.80. The SMILES string of the molecule is C[C@H]1CC[C@H]([C@@H](C)CCO)[C@@H](O)C1. The fraction of sp³-hybridized carbons (Fsp3) is 1.00. The van der Waals surface area contributed by atoms with Crippen molar-refractivity contribution in [2.24, 2.45) is 17.8 Å². The summed E-state index contributed by atoms with van der Waals surface area (Å²) in [6.45, 7) is 4.59. The lowest BCUT2D eigenvalue weighted by Gasteiger charge is -2.35. The molecule has 0 aromatic rings. The topological polar surface area (TPSA) is 40.5 Å². The molecule has 1 aliphatic rings. The summed E-state index contributed by atoms with van der Waals surface area (Å²) >= 11 is 0. The molecule has 13 heavy (non-hydrogen) atoms. The van der Waals surface area contributed by atoms with Crippen LogP contribution in [0.2, 0.25) is 0 Å². The fourth-order valence-electron chi connectivity index (χ4n) is 2.46. The Kier molecular flexibility index (Phi) is 4.20. The normalized spacial score (nSPS) is 37.4. The van der Waals surface area contributed by atoms with Gasteiger partial charge in [0.15, 0.2) is 0 Å². The summed E-state index contributed by atoms with van der Waals surface area (Å²) in [6.07, 6.45) is 4.00. The zero-order valence-electron chi connectivity index (χ0n) is 8.74. The molecule has 2 heteroatoms. The summed E-state index contributed by atoms with van der Waals surface area (Å²) in [5, 5.41) is 18.7. The van der Waals surface area contributed by atoms with E-state index in [1.54, 1.807) is 0 Å². The number of rotatable bonds is 3. The number of aliphatic hydroxyl groups is 2. The molecule has 0 aromatic heterocycles. The Morgan fingerprint density at radius 1 is 1.38 bits per heavy atom. The van der Waals surface area contributed by atoms with Crippen molar-refractivity contribution in [1.82, 2.24) is 0 Å². The largest absolute Gasteiger partial charge is 0.396 e. The van der Waals surface area contributed by atoms with Crippen molar-refractivity contribution in [2.75, 3.05) is 6.61 Å². The van der Waals surface area contributed by atoms with E-state index in [0.717, 1.165) is 19.3 Å². The van der Waals surface area contributed by atoms with E-state index < -0.39 is 0 Å². The van der Waals surface area contributed by atoms with Gasteiger partial charge in [-0.3, -0.25) is 0 Å². The number of hydrogen-bond acceptors (Lipinski definition) is 2.